The summed E-state index contributed by atoms with van der Waals surface area (Å²) in [5.74, 6) is -1.13. The summed E-state index contributed by atoms with van der Waals surface area (Å²) in [5, 5.41) is 5.59. The summed E-state index contributed by atoms with van der Waals surface area (Å²) < 4.78 is 33.3. The molecule has 3 aromatic rings. The minimum atomic E-state index is -0.715. The van der Waals surface area contributed by atoms with E-state index in [1.807, 2.05) is 37.3 Å². The van der Waals surface area contributed by atoms with Gasteiger partial charge in [0.25, 0.3) is 5.91 Å². The highest BCUT2D eigenvalue weighted by Crippen LogP contribution is 2.30. The lowest BCUT2D eigenvalue weighted by molar-refractivity contribution is -0.139. The molecule has 0 aliphatic carbocycles. The highest BCUT2D eigenvalue weighted by atomic mass is 19.1. The lowest BCUT2D eigenvalue weighted by Gasteiger charge is -2.23. The lowest BCUT2D eigenvalue weighted by Crippen LogP contribution is -2.38. The molecule has 1 heterocycles. The molecule has 0 saturated carbocycles. The number of hydrogen-bond donors (Lipinski definition) is 2. The van der Waals surface area contributed by atoms with Crippen LogP contribution in [-0.4, -0.2) is 22.9 Å². The molecule has 2 N–H and O–H groups in total. The molecule has 3 amide bonds. The fourth-order valence-corrected chi connectivity index (χ4v) is 3.85. The molecule has 0 radical (unpaired) electrons. The van der Waals surface area contributed by atoms with Gasteiger partial charge in [-0.1, -0.05) is 37.3 Å². The van der Waals surface area contributed by atoms with Gasteiger partial charge in [-0.25, -0.2) is 13.6 Å². The summed E-state index contributed by atoms with van der Waals surface area (Å²) in [4.78, 5) is 26.9. The Labute approximate surface area is 196 Å². The van der Waals surface area contributed by atoms with Gasteiger partial charge < -0.3 is 20.3 Å². The van der Waals surface area contributed by atoms with Crippen LogP contribution in [0.2, 0.25) is 0 Å². The molecule has 34 heavy (non-hydrogen) atoms. The van der Waals surface area contributed by atoms with Crippen molar-refractivity contribution in [1.29, 1.82) is 0 Å². The molecule has 8 heteroatoms. The fourth-order valence-electron chi connectivity index (χ4n) is 3.85. The molecule has 1 unspecified atom stereocenters. The van der Waals surface area contributed by atoms with Crippen LogP contribution in [0, 0.1) is 11.6 Å². The first-order valence-corrected chi connectivity index (χ1v) is 11.0. The quantitative estimate of drug-likeness (QED) is 0.539. The average Bonchev–Trinajstić information content (AvgIpc) is 2.94. The minimum Gasteiger partial charge on any atom is -0.480 e. The van der Waals surface area contributed by atoms with Crippen molar-refractivity contribution in [2.24, 2.45) is 0 Å². The molecule has 3 aromatic carbocycles. The zero-order valence-electron chi connectivity index (χ0n) is 18.7. The molecule has 0 fully saturated rings. The number of amides is 3. The third-order valence-electron chi connectivity index (χ3n) is 5.50. The number of rotatable bonds is 6. The van der Waals surface area contributed by atoms with Gasteiger partial charge >= 0.3 is 6.03 Å². The summed E-state index contributed by atoms with van der Waals surface area (Å²) >= 11 is 0. The number of nitrogens with one attached hydrogen (secondary N) is 2. The summed E-state index contributed by atoms with van der Waals surface area (Å²) in [6, 6.07) is 17.5. The second-order valence-corrected chi connectivity index (χ2v) is 8.10. The number of hydrogen-bond acceptors (Lipinski definition) is 3. The number of carbonyl (C=O) groups is 2. The van der Waals surface area contributed by atoms with E-state index in [1.54, 1.807) is 18.2 Å². The predicted octanol–water partition coefficient (Wildman–Crippen LogP) is 4.99. The smallest absolute Gasteiger partial charge is 0.319 e. The van der Waals surface area contributed by atoms with Crippen molar-refractivity contribution in [1.82, 2.24) is 10.2 Å². The maximum atomic E-state index is 13.7. The molecule has 0 aromatic heterocycles. The first-order valence-electron chi connectivity index (χ1n) is 11.0. The normalized spacial score (nSPS) is 15.2. The average molecular weight is 466 g/mol. The summed E-state index contributed by atoms with van der Waals surface area (Å²) in [7, 11) is 0. The highest BCUT2D eigenvalue weighted by Gasteiger charge is 2.30. The second kappa shape index (κ2) is 10.3. The summed E-state index contributed by atoms with van der Waals surface area (Å²) in [6.07, 6.45) is -0.276. The second-order valence-electron chi connectivity index (χ2n) is 8.10. The van der Waals surface area contributed by atoms with Crippen LogP contribution in [0.15, 0.2) is 66.7 Å². The Balaban J connectivity index is 1.50. The Bertz CT molecular complexity index is 1170. The molecular weight excluding hydrogens is 440 g/mol. The Morgan fingerprint density at radius 2 is 1.76 bits per heavy atom. The topological polar surface area (TPSA) is 70.7 Å². The molecule has 1 atom stereocenters. The van der Waals surface area contributed by atoms with Crippen LogP contribution in [-0.2, 0) is 24.4 Å². The van der Waals surface area contributed by atoms with E-state index < -0.39 is 17.7 Å². The SMILES string of the molecule is CCC1Oc2ccc(NC(=O)NCc3ccccc3)cc2CN(Cc2cc(F)cc(F)c2)C1=O. The summed E-state index contributed by atoms with van der Waals surface area (Å²) in [6.45, 7) is 2.41. The molecule has 1 aliphatic heterocycles. The number of anilines is 1. The maximum Gasteiger partial charge on any atom is 0.319 e. The molecule has 0 bridgehead atoms. The molecule has 1 aliphatic rings. The van der Waals surface area contributed by atoms with Crippen LogP contribution in [0.25, 0.3) is 0 Å². The number of urea groups is 1. The van der Waals surface area contributed by atoms with Crippen molar-refractivity contribution in [2.75, 3.05) is 5.32 Å². The van der Waals surface area contributed by atoms with Crippen molar-refractivity contribution in [3.05, 3.63) is 95.1 Å². The van der Waals surface area contributed by atoms with Crippen LogP contribution in [0.5, 0.6) is 5.75 Å². The Morgan fingerprint density at radius 3 is 2.47 bits per heavy atom. The van der Waals surface area contributed by atoms with Gasteiger partial charge in [-0.05, 0) is 47.9 Å². The van der Waals surface area contributed by atoms with Crippen molar-refractivity contribution >= 4 is 17.6 Å². The van der Waals surface area contributed by atoms with Gasteiger partial charge in [0, 0.05) is 37.0 Å². The van der Waals surface area contributed by atoms with E-state index in [1.165, 1.54) is 17.0 Å². The third-order valence-corrected chi connectivity index (χ3v) is 5.50. The standard InChI is InChI=1S/C26H25F2N3O3/c1-2-23-25(32)31(15-18-10-20(27)13-21(28)11-18)16-19-12-22(8-9-24(19)34-23)30-26(33)29-14-17-6-4-3-5-7-17/h3-13,23H,2,14-16H2,1H3,(H2,29,30,33). The van der Waals surface area contributed by atoms with Crippen LogP contribution >= 0.6 is 0 Å². The monoisotopic (exact) mass is 465 g/mol. The van der Waals surface area contributed by atoms with Gasteiger partial charge in [0.2, 0.25) is 0 Å². The van der Waals surface area contributed by atoms with Gasteiger partial charge in [0.1, 0.15) is 17.4 Å². The van der Waals surface area contributed by atoms with Gasteiger partial charge in [0.05, 0.1) is 0 Å². The lowest BCUT2D eigenvalue weighted by atomic mass is 10.1. The molecular formula is C26H25F2N3O3. The zero-order chi connectivity index (χ0) is 24.1. The zero-order valence-corrected chi connectivity index (χ0v) is 18.7. The van der Waals surface area contributed by atoms with Crippen LogP contribution < -0.4 is 15.4 Å². The van der Waals surface area contributed by atoms with E-state index >= 15 is 0 Å². The van der Waals surface area contributed by atoms with Gasteiger partial charge in [0.15, 0.2) is 6.10 Å². The minimum absolute atomic E-state index is 0.0298. The molecule has 6 nitrogen and oxygen atoms in total. The number of halogens is 2. The molecule has 0 spiro atoms. The van der Waals surface area contributed by atoms with E-state index in [-0.39, 0.29) is 25.0 Å². The van der Waals surface area contributed by atoms with Crippen molar-refractivity contribution < 1.29 is 23.1 Å². The Hall–Kier alpha value is -3.94. The fraction of sp³-hybridized carbons (Fsp3) is 0.231. The van der Waals surface area contributed by atoms with Gasteiger partial charge in [-0.2, -0.15) is 0 Å². The number of carbonyl (C=O) groups excluding carboxylic acids is 2. The number of fused-ring (bicyclic) bond motifs is 1. The van der Waals surface area contributed by atoms with Crippen LogP contribution in [0.4, 0.5) is 19.3 Å². The van der Waals surface area contributed by atoms with E-state index in [4.69, 9.17) is 4.74 Å². The van der Waals surface area contributed by atoms with Gasteiger partial charge in [-0.3, -0.25) is 4.79 Å². The third kappa shape index (κ3) is 5.70. The van der Waals surface area contributed by atoms with E-state index in [0.717, 1.165) is 11.6 Å². The maximum absolute atomic E-state index is 13.7. The highest BCUT2D eigenvalue weighted by molar-refractivity contribution is 5.89. The Kier molecular flexibility index (Phi) is 7.06. The van der Waals surface area contributed by atoms with Crippen LogP contribution in [0.1, 0.15) is 30.0 Å². The first-order chi connectivity index (χ1) is 16.4. The van der Waals surface area contributed by atoms with Crippen LogP contribution in [0.3, 0.4) is 0 Å². The van der Waals surface area contributed by atoms with Crippen molar-refractivity contribution in [3.63, 3.8) is 0 Å². The van der Waals surface area contributed by atoms with Crippen molar-refractivity contribution in [2.45, 2.75) is 39.1 Å². The van der Waals surface area contributed by atoms with Crippen molar-refractivity contribution in [3.8, 4) is 5.75 Å². The van der Waals surface area contributed by atoms with E-state index in [2.05, 4.69) is 10.6 Å². The van der Waals surface area contributed by atoms with Gasteiger partial charge in [-0.15, -0.1) is 0 Å². The number of benzene rings is 3. The van der Waals surface area contributed by atoms with E-state index in [9.17, 15) is 18.4 Å². The molecule has 0 saturated heterocycles. The first kappa shape index (κ1) is 23.2. The van der Waals surface area contributed by atoms with E-state index in [0.29, 0.717) is 35.5 Å². The molecule has 176 valence electrons. The Morgan fingerprint density at radius 1 is 1.03 bits per heavy atom. The molecule has 4 rings (SSSR count). The number of nitrogens with zero attached hydrogens (tertiary/aromatic N) is 1. The number of ether oxygens (including phenoxy) is 1. The predicted molar refractivity (Wildman–Crippen MR) is 124 cm³/mol. The largest absolute Gasteiger partial charge is 0.480 e. The summed E-state index contributed by atoms with van der Waals surface area (Å²) in [5.41, 5.74) is 2.54.